The van der Waals surface area contributed by atoms with E-state index in [0.717, 1.165) is 26.1 Å². The number of halogens is 2. The van der Waals surface area contributed by atoms with Gasteiger partial charge in [-0.25, -0.2) is 4.98 Å². The second-order valence-electron chi connectivity index (χ2n) is 5.17. The summed E-state index contributed by atoms with van der Waals surface area (Å²) in [6.45, 7) is 1.86. The lowest BCUT2D eigenvalue weighted by Crippen LogP contribution is -2.22. The van der Waals surface area contributed by atoms with E-state index < -0.39 is 0 Å². The zero-order valence-corrected chi connectivity index (χ0v) is 17.3. The Morgan fingerprint density at radius 2 is 1.96 bits per heavy atom. The molecule has 1 aromatic heterocycles. The van der Waals surface area contributed by atoms with Crippen LogP contribution in [0.4, 0.5) is 10.8 Å². The van der Waals surface area contributed by atoms with Crippen molar-refractivity contribution in [3.8, 4) is 5.75 Å². The van der Waals surface area contributed by atoms with Gasteiger partial charge in [0.25, 0.3) is 0 Å². The standard InChI is InChI=1S/C18H14Br2N2O2S/c1-12(23)22(15-5-3-2-4-6-15)18-21-14(11-25-18)10-24-17-8-7-13(19)9-16(17)20/h2-9,11H,10H2,1H3. The van der Waals surface area contributed by atoms with Crippen LogP contribution in [0.5, 0.6) is 5.75 Å². The Hall–Kier alpha value is -1.70. The fraction of sp³-hybridized carbons (Fsp3) is 0.111. The Bertz CT molecular complexity index is 884. The number of nitrogens with zero attached hydrogens (tertiary/aromatic N) is 2. The average Bonchev–Trinajstić information content (AvgIpc) is 3.03. The number of para-hydroxylation sites is 1. The second kappa shape index (κ2) is 8.12. The Balaban J connectivity index is 1.76. The van der Waals surface area contributed by atoms with Crippen LogP contribution in [0.25, 0.3) is 0 Å². The molecule has 0 bridgehead atoms. The molecule has 1 amide bonds. The zero-order chi connectivity index (χ0) is 17.8. The van der Waals surface area contributed by atoms with E-state index in [9.17, 15) is 4.79 Å². The van der Waals surface area contributed by atoms with E-state index in [4.69, 9.17) is 4.74 Å². The van der Waals surface area contributed by atoms with Crippen LogP contribution >= 0.6 is 43.2 Å². The summed E-state index contributed by atoms with van der Waals surface area (Å²) in [6, 6.07) is 15.2. The van der Waals surface area contributed by atoms with Gasteiger partial charge in [0.2, 0.25) is 5.91 Å². The van der Waals surface area contributed by atoms with Gasteiger partial charge in [0.05, 0.1) is 15.9 Å². The molecule has 0 saturated heterocycles. The van der Waals surface area contributed by atoms with Crippen molar-refractivity contribution in [2.75, 3.05) is 4.90 Å². The summed E-state index contributed by atoms with van der Waals surface area (Å²) in [6.07, 6.45) is 0. The van der Waals surface area contributed by atoms with Crippen LogP contribution in [-0.2, 0) is 11.4 Å². The van der Waals surface area contributed by atoms with E-state index in [0.29, 0.717) is 11.7 Å². The van der Waals surface area contributed by atoms with Crippen LogP contribution in [0, 0.1) is 0 Å². The van der Waals surface area contributed by atoms with Gasteiger partial charge >= 0.3 is 0 Å². The van der Waals surface area contributed by atoms with Crippen molar-refractivity contribution in [1.82, 2.24) is 4.98 Å². The van der Waals surface area contributed by atoms with Crippen molar-refractivity contribution < 1.29 is 9.53 Å². The minimum atomic E-state index is -0.0799. The number of thiazole rings is 1. The highest BCUT2D eigenvalue weighted by atomic mass is 79.9. The molecule has 1 heterocycles. The summed E-state index contributed by atoms with van der Waals surface area (Å²) >= 11 is 8.30. The number of anilines is 2. The molecule has 25 heavy (non-hydrogen) atoms. The van der Waals surface area contributed by atoms with Crippen LogP contribution in [0.15, 0.2) is 62.9 Å². The first-order chi connectivity index (χ1) is 12.0. The fourth-order valence-corrected chi connectivity index (χ4v) is 4.25. The molecular weight excluding hydrogens is 468 g/mol. The summed E-state index contributed by atoms with van der Waals surface area (Å²) in [5.41, 5.74) is 1.57. The van der Waals surface area contributed by atoms with Crippen LogP contribution in [0.1, 0.15) is 12.6 Å². The van der Waals surface area contributed by atoms with Crippen LogP contribution < -0.4 is 9.64 Å². The van der Waals surface area contributed by atoms with Gasteiger partial charge < -0.3 is 4.74 Å². The first-order valence-corrected chi connectivity index (χ1v) is 9.89. The highest BCUT2D eigenvalue weighted by Crippen LogP contribution is 2.31. The number of amides is 1. The maximum absolute atomic E-state index is 12.1. The van der Waals surface area contributed by atoms with Gasteiger partial charge in [-0.15, -0.1) is 11.3 Å². The molecule has 0 saturated carbocycles. The van der Waals surface area contributed by atoms with E-state index in [-0.39, 0.29) is 5.91 Å². The second-order valence-corrected chi connectivity index (χ2v) is 7.78. The number of aromatic nitrogens is 1. The molecule has 0 unspecified atom stereocenters. The smallest absolute Gasteiger partial charge is 0.230 e. The topological polar surface area (TPSA) is 42.4 Å². The highest BCUT2D eigenvalue weighted by molar-refractivity contribution is 9.11. The number of carbonyl (C=O) groups excluding carboxylic acids is 1. The molecule has 0 atom stereocenters. The van der Waals surface area contributed by atoms with Gasteiger partial charge in [0.15, 0.2) is 5.13 Å². The summed E-state index contributed by atoms with van der Waals surface area (Å²) < 4.78 is 7.65. The Morgan fingerprint density at radius 3 is 2.64 bits per heavy atom. The third kappa shape index (κ3) is 4.48. The zero-order valence-electron chi connectivity index (χ0n) is 13.3. The van der Waals surface area contributed by atoms with E-state index in [1.54, 1.807) is 4.90 Å². The third-order valence-electron chi connectivity index (χ3n) is 3.33. The first kappa shape index (κ1) is 18.1. The Morgan fingerprint density at radius 1 is 1.20 bits per heavy atom. The minimum absolute atomic E-state index is 0.0799. The molecule has 0 aliphatic carbocycles. The summed E-state index contributed by atoms with van der Waals surface area (Å²) in [5.74, 6) is 0.660. The van der Waals surface area contributed by atoms with Crippen molar-refractivity contribution in [3.05, 3.63) is 68.6 Å². The molecule has 0 radical (unpaired) electrons. The Kier molecular flexibility index (Phi) is 5.88. The molecule has 0 fully saturated rings. The van der Waals surface area contributed by atoms with Crippen molar-refractivity contribution >= 4 is 59.9 Å². The largest absolute Gasteiger partial charge is 0.486 e. The van der Waals surface area contributed by atoms with Gasteiger partial charge in [-0.1, -0.05) is 34.1 Å². The Labute approximate surface area is 166 Å². The van der Waals surface area contributed by atoms with Gasteiger partial charge in [-0.3, -0.25) is 9.69 Å². The lowest BCUT2D eigenvalue weighted by atomic mass is 10.3. The van der Waals surface area contributed by atoms with Gasteiger partial charge in [-0.05, 0) is 46.3 Å². The molecule has 0 N–H and O–H groups in total. The number of carbonyl (C=O) groups is 1. The summed E-state index contributed by atoms with van der Waals surface area (Å²) in [4.78, 5) is 18.2. The van der Waals surface area contributed by atoms with Gasteiger partial charge in [0.1, 0.15) is 12.4 Å². The minimum Gasteiger partial charge on any atom is -0.486 e. The predicted octanol–water partition coefficient (Wildman–Crippen LogP) is 5.93. The van der Waals surface area contributed by atoms with E-state index in [2.05, 4.69) is 36.8 Å². The molecule has 0 aliphatic heterocycles. The van der Waals surface area contributed by atoms with Crippen LogP contribution in [0.3, 0.4) is 0 Å². The fourth-order valence-electron chi connectivity index (χ4n) is 2.21. The maximum Gasteiger partial charge on any atom is 0.230 e. The summed E-state index contributed by atoms with van der Waals surface area (Å²) in [7, 11) is 0. The number of hydrogen-bond donors (Lipinski definition) is 0. The molecule has 0 aliphatic rings. The summed E-state index contributed by atoms with van der Waals surface area (Å²) in [5, 5.41) is 2.54. The van der Waals surface area contributed by atoms with E-state index in [1.807, 2.05) is 53.9 Å². The monoisotopic (exact) mass is 480 g/mol. The van der Waals surface area contributed by atoms with E-state index in [1.165, 1.54) is 18.3 Å². The molecule has 3 rings (SSSR count). The van der Waals surface area contributed by atoms with Gasteiger partial charge in [-0.2, -0.15) is 0 Å². The number of benzene rings is 2. The lowest BCUT2D eigenvalue weighted by molar-refractivity contribution is -0.115. The molecular formula is C18H14Br2N2O2S. The highest BCUT2D eigenvalue weighted by Gasteiger charge is 2.17. The molecule has 0 spiro atoms. The molecule has 128 valence electrons. The molecule has 2 aromatic carbocycles. The normalized spacial score (nSPS) is 10.5. The van der Waals surface area contributed by atoms with Crippen molar-refractivity contribution in [2.24, 2.45) is 0 Å². The molecule has 4 nitrogen and oxygen atoms in total. The van der Waals surface area contributed by atoms with Crippen LogP contribution in [-0.4, -0.2) is 10.9 Å². The molecule has 7 heteroatoms. The first-order valence-electron chi connectivity index (χ1n) is 7.42. The third-order valence-corrected chi connectivity index (χ3v) is 5.32. The SMILES string of the molecule is CC(=O)N(c1ccccc1)c1nc(COc2ccc(Br)cc2Br)cs1. The van der Waals surface area contributed by atoms with Crippen molar-refractivity contribution in [1.29, 1.82) is 0 Å². The van der Waals surface area contributed by atoms with Crippen molar-refractivity contribution in [3.63, 3.8) is 0 Å². The average molecular weight is 482 g/mol. The van der Waals surface area contributed by atoms with E-state index >= 15 is 0 Å². The van der Waals surface area contributed by atoms with Gasteiger partial charge in [0, 0.05) is 16.8 Å². The number of rotatable bonds is 5. The van der Waals surface area contributed by atoms with Crippen LogP contribution in [0.2, 0.25) is 0 Å². The van der Waals surface area contributed by atoms with Crippen molar-refractivity contribution in [2.45, 2.75) is 13.5 Å². The number of hydrogen-bond acceptors (Lipinski definition) is 4. The number of ether oxygens (including phenoxy) is 1. The molecule has 3 aromatic rings. The lowest BCUT2D eigenvalue weighted by Gasteiger charge is -2.17. The quantitative estimate of drug-likeness (QED) is 0.453. The predicted molar refractivity (Wildman–Crippen MR) is 108 cm³/mol. The maximum atomic E-state index is 12.1.